The van der Waals surface area contributed by atoms with E-state index in [2.05, 4.69) is 27.6 Å². The Morgan fingerprint density at radius 2 is 2.27 bits per heavy atom. The van der Waals surface area contributed by atoms with Crippen molar-refractivity contribution >= 4 is 0 Å². The maximum Gasteiger partial charge on any atom is 0.275 e. The summed E-state index contributed by atoms with van der Waals surface area (Å²) in [6, 6.07) is 2.41. The minimum absolute atomic E-state index is 0.345. The predicted molar refractivity (Wildman–Crippen MR) is 55.2 cm³/mol. The zero-order valence-corrected chi connectivity index (χ0v) is 9.10. The van der Waals surface area contributed by atoms with Crippen molar-refractivity contribution < 1.29 is 4.57 Å². The summed E-state index contributed by atoms with van der Waals surface area (Å²) in [4.78, 5) is 4.19. The smallest absolute Gasteiger partial charge is 0.264 e. The topological polar surface area (TPSA) is 34.6 Å². The van der Waals surface area contributed by atoms with Crippen molar-refractivity contribution in [2.24, 2.45) is 7.05 Å². The molecule has 0 saturated heterocycles. The predicted octanol–water partition coefficient (Wildman–Crippen LogP) is 1.00. The van der Waals surface area contributed by atoms with Crippen LogP contribution in [0, 0.1) is 6.92 Å². The van der Waals surface area contributed by atoms with Gasteiger partial charge in [0.1, 0.15) is 6.04 Å². The first-order valence-electron chi connectivity index (χ1n) is 5.09. The van der Waals surface area contributed by atoms with Crippen LogP contribution in [0.1, 0.15) is 24.4 Å². The third kappa shape index (κ3) is 0.936. The fraction of sp³-hybridized carbons (Fsp3) is 0.364. The Morgan fingerprint density at radius 1 is 1.47 bits per heavy atom. The van der Waals surface area contributed by atoms with E-state index >= 15 is 0 Å². The molecule has 2 aromatic heterocycles. The van der Waals surface area contributed by atoms with E-state index in [-0.39, 0.29) is 0 Å². The molecule has 1 unspecified atom stereocenters. The number of fused-ring (bicyclic) bond motifs is 3. The van der Waals surface area contributed by atoms with Gasteiger partial charge in [-0.05, 0) is 13.0 Å². The van der Waals surface area contributed by atoms with Gasteiger partial charge in [-0.2, -0.15) is 0 Å². The quantitative estimate of drug-likeness (QED) is 0.596. The molecule has 76 valence electrons. The third-order valence-electron chi connectivity index (χ3n) is 3.11. The van der Waals surface area contributed by atoms with E-state index in [9.17, 15) is 0 Å². The van der Waals surface area contributed by atoms with Gasteiger partial charge in [-0.3, -0.25) is 4.98 Å². The lowest BCUT2D eigenvalue weighted by atomic mass is 10.1. The molecule has 0 aliphatic carbocycles. The van der Waals surface area contributed by atoms with Gasteiger partial charge in [-0.1, -0.05) is 0 Å². The van der Waals surface area contributed by atoms with Crippen LogP contribution in [-0.4, -0.2) is 14.8 Å². The molecule has 0 amide bonds. The van der Waals surface area contributed by atoms with Crippen LogP contribution >= 0.6 is 0 Å². The van der Waals surface area contributed by atoms with Gasteiger partial charge in [0.25, 0.3) is 11.6 Å². The lowest BCUT2D eigenvalue weighted by molar-refractivity contribution is -0.700. The number of rotatable bonds is 0. The van der Waals surface area contributed by atoms with Gasteiger partial charge in [-0.25, -0.2) is 4.57 Å². The van der Waals surface area contributed by atoms with E-state index in [0.717, 1.165) is 5.82 Å². The molecule has 0 fully saturated rings. The lowest BCUT2D eigenvalue weighted by Crippen LogP contribution is -2.37. The molecule has 1 aliphatic heterocycles. The summed E-state index contributed by atoms with van der Waals surface area (Å²) in [5, 5.41) is 4.44. The highest BCUT2D eigenvalue weighted by Crippen LogP contribution is 2.32. The van der Waals surface area contributed by atoms with Crippen LogP contribution in [0.25, 0.3) is 11.4 Å². The molecule has 1 aliphatic rings. The number of hydrogen-bond donors (Lipinski definition) is 0. The molecule has 0 bridgehead atoms. The van der Waals surface area contributed by atoms with E-state index in [1.165, 1.54) is 17.0 Å². The lowest BCUT2D eigenvalue weighted by Gasteiger charge is -2.02. The second kappa shape index (κ2) is 2.66. The van der Waals surface area contributed by atoms with Crippen molar-refractivity contribution in [2.75, 3.05) is 0 Å². The Labute approximate surface area is 88.2 Å². The van der Waals surface area contributed by atoms with E-state index in [0.29, 0.717) is 6.04 Å². The monoisotopic (exact) mass is 201 g/mol. The van der Waals surface area contributed by atoms with E-state index < -0.39 is 0 Å². The maximum absolute atomic E-state index is 4.44. The van der Waals surface area contributed by atoms with E-state index in [1.54, 1.807) is 0 Å². The molecule has 0 spiro atoms. The highest BCUT2D eigenvalue weighted by atomic mass is 15.4. The van der Waals surface area contributed by atoms with Crippen molar-refractivity contribution in [1.82, 2.24) is 14.8 Å². The normalized spacial score (nSPS) is 17.7. The van der Waals surface area contributed by atoms with E-state index in [4.69, 9.17) is 0 Å². The summed E-state index contributed by atoms with van der Waals surface area (Å²) in [5.74, 6) is 2.23. The van der Waals surface area contributed by atoms with Crippen molar-refractivity contribution in [2.45, 2.75) is 19.9 Å². The van der Waals surface area contributed by atoms with Crippen LogP contribution in [0.2, 0.25) is 0 Å². The zero-order chi connectivity index (χ0) is 10.6. The maximum atomic E-state index is 4.44. The van der Waals surface area contributed by atoms with Gasteiger partial charge in [0.2, 0.25) is 0 Å². The summed E-state index contributed by atoms with van der Waals surface area (Å²) in [7, 11) is 1.99. The van der Waals surface area contributed by atoms with Crippen LogP contribution < -0.4 is 4.57 Å². The van der Waals surface area contributed by atoms with Crippen molar-refractivity contribution in [3.63, 3.8) is 0 Å². The van der Waals surface area contributed by atoms with Crippen molar-refractivity contribution in [3.8, 4) is 11.4 Å². The molecule has 15 heavy (non-hydrogen) atoms. The van der Waals surface area contributed by atoms with Crippen LogP contribution in [0.15, 0.2) is 18.5 Å². The molecule has 0 radical (unpaired) electrons. The van der Waals surface area contributed by atoms with Crippen LogP contribution in [0.5, 0.6) is 0 Å². The fourth-order valence-corrected chi connectivity index (χ4v) is 2.47. The largest absolute Gasteiger partial charge is 0.275 e. The molecule has 2 aromatic rings. The fourth-order valence-electron chi connectivity index (χ4n) is 2.47. The van der Waals surface area contributed by atoms with Gasteiger partial charge < -0.3 is 0 Å². The highest BCUT2D eigenvalue weighted by molar-refractivity contribution is 5.60. The standard InChI is InChI=1S/C11H13N4/c1-7-10-6-12-5-4-9(10)11-14(3)13-8(2)15(7)11/h4-7H,1-3H3/q+1. The Hall–Kier alpha value is -1.71. The second-order valence-electron chi connectivity index (χ2n) is 4.00. The first kappa shape index (κ1) is 8.59. The first-order valence-corrected chi connectivity index (χ1v) is 5.09. The summed E-state index contributed by atoms with van der Waals surface area (Å²) in [6.07, 6.45) is 3.79. The van der Waals surface area contributed by atoms with Gasteiger partial charge in [0.15, 0.2) is 0 Å². The average molecular weight is 201 g/mol. The number of nitrogens with zero attached hydrogens (tertiary/aromatic N) is 4. The molecular weight excluding hydrogens is 188 g/mol. The molecular formula is C11H13N4+. The van der Waals surface area contributed by atoms with Gasteiger partial charge in [-0.15, -0.1) is 4.68 Å². The summed E-state index contributed by atoms with van der Waals surface area (Å²) < 4.78 is 4.20. The molecule has 4 heteroatoms. The summed E-state index contributed by atoms with van der Waals surface area (Å²) in [6.45, 7) is 4.23. The summed E-state index contributed by atoms with van der Waals surface area (Å²) in [5.41, 5.74) is 2.54. The Morgan fingerprint density at radius 3 is 3.07 bits per heavy atom. The Balaban J connectivity index is 2.40. The van der Waals surface area contributed by atoms with Crippen LogP contribution in [0.3, 0.4) is 0 Å². The average Bonchev–Trinajstić information content (AvgIpc) is 2.68. The Kier molecular flexibility index (Phi) is 1.52. The van der Waals surface area contributed by atoms with Gasteiger partial charge in [0, 0.05) is 30.0 Å². The van der Waals surface area contributed by atoms with Crippen molar-refractivity contribution in [3.05, 3.63) is 29.8 Å². The van der Waals surface area contributed by atoms with Crippen LogP contribution in [-0.2, 0) is 7.05 Å². The molecule has 3 heterocycles. The SMILES string of the molecule is Cc1nn(C)c2[n+]1C(C)c1cnccc1-2. The van der Waals surface area contributed by atoms with Gasteiger partial charge in [0.05, 0.1) is 12.6 Å². The number of aromatic nitrogens is 4. The molecule has 4 nitrogen and oxygen atoms in total. The Bertz CT molecular complexity index is 542. The number of hydrogen-bond acceptors (Lipinski definition) is 2. The minimum atomic E-state index is 0.345. The molecule has 0 aromatic carbocycles. The first-order chi connectivity index (χ1) is 7.20. The number of pyridine rings is 1. The highest BCUT2D eigenvalue weighted by Gasteiger charge is 2.36. The molecule has 0 N–H and O–H groups in total. The molecule has 0 saturated carbocycles. The molecule has 3 rings (SSSR count). The molecule has 1 atom stereocenters. The minimum Gasteiger partial charge on any atom is -0.264 e. The third-order valence-corrected chi connectivity index (χ3v) is 3.11. The van der Waals surface area contributed by atoms with Crippen LogP contribution in [0.4, 0.5) is 0 Å². The van der Waals surface area contributed by atoms with Crippen molar-refractivity contribution in [1.29, 1.82) is 0 Å². The van der Waals surface area contributed by atoms with Gasteiger partial charge >= 0.3 is 0 Å². The van der Waals surface area contributed by atoms with E-state index in [1.807, 2.05) is 31.0 Å². The second-order valence-corrected chi connectivity index (χ2v) is 4.00. The number of aryl methyl sites for hydroxylation is 2. The summed E-state index contributed by atoms with van der Waals surface area (Å²) >= 11 is 0. The zero-order valence-electron chi connectivity index (χ0n) is 9.10.